The van der Waals surface area contributed by atoms with Gasteiger partial charge in [-0.1, -0.05) is 0 Å². The molecule has 1 rings (SSSR count). The Hall–Kier alpha value is -1.52. The number of aromatic carboxylic acids is 1. The molecule has 1 amide bonds. The van der Waals surface area contributed by atoms with E-state index in [2.05, 4.69) is 15.0 Å². The van der Waals surface area contributed by atoms with Gasteiger partial charge in [0.2, 0.25) is 15.9 Å². The Morgan fingerprint density at radius 2 is 2.05 bits per heavy atom. The number of thiazole rings is 1. The van der Waals surface area contributed by atoms with Crippen molar-refractivity contribution in [2.24, 2.45) is 0 Å². The quantitative estimate of drug-likeness (QED) is 0.665. The summed E-state index contributed by atoms with van der Waals surface area (Å²) in [6.07, 6.45) is 0.960. The van der Waals surface area contributed by atoms with E-state index in [4.69, 9.17) is 5.11 Å². The first-order valence-electron chi connectivity index (χ1n) is 5.46. The average Bonchev–Trinajstić information content (AvgIpc) is 2.70. The van der Waals surface area contributed by atoms with Crippen molar-refractivity contribution in [1.82, 2.24) is 15.0 Å². The lowest BCUT2D eigenvalue weighted by Gasteiger charge is -2.23. The van der Waals surface area contributed by atoms with E-state index in [1.807, 2.05) is 0 Å². The highest BCUT2D eigenvalue weighted by Crippen LogP contribution is 2.10. The van der Waals surface area contributed by atoms with Crippen LogP contribution in [0.1, 0.15) is 29.3 Å². The number of hydrogen-bond acceptors (Lipinski definition) is 6. The van der Waals surface area contributed by atoms with Crippen LogP contribution in [0.4, 0.5) is 0 Å². The van der Waals surface area contributed by atoms with E-state index < -0.39 is 27.4 Å². The van der Waals surface area contributed by atoms with Gasteiger partial charge in [-0.25, -0.2) is 22.9 Å². The molecule has 1 aromatic rings. The summed E-state index contributed by atoms with van der Waals surface area (Å²) in [5, 5.41) is 13.0. The van der Waals surface area contributed by atoms with Gasteiger partial charge in [-0.3, -0.25) is 4.79 Å². The molecule has 0 unspecified atom stereocenters. The van der Waals surface area contributed by atoms with Crippen molar-refractivity contribution in [1.29, 1.82) is 0 Å². The van der Waals surface area contributed by atoms with Crippen molar-refractivity contribution in [3.8, 4) is 0 Å². The Balaban J connectivity index is 2.64. The predicted molar refractivity (Wildman–Crippen MR) is 73.0 cm³/mol. The lowest BCUT2D eigenvalue weighted by Crippen LogP contribution is -2.54. The van der Waals surface area contributed by atoms with E-state index >= 15 is 0 Å². The van der Waals surface area contributed by atoms with Crippen LogP contribution in [0.3, 0.4) is 0 Å². The van der Waals surface area contributed by atoms with Crippen molar-refractivity contribution < 1.29 is 23.1 Å². The fourth-order valence-electron chi connectivity index (χ4n) is 1.38. The van der Waals surface area contributed by atoms with Crippen molar-refractivity contribution in [2.45, 2.75) is 25.9 Å². The van der Waals surface area contributed by atoms with Crippen molar-refractivity contribution in [3.63, 3.8) is 0 Å². The molecule has 0 saturated heterocycles. The van der Waals surface area contributed by atoms with Gasteiger partial charge in [-0.2, -0.15) is 0 Å². The highest BCUT2D eigenvalue weighted by molar-refractivity contribution is 7.88. The Morgan fingerprint density at radius 1 is 1.45 bits per heavy atom. The monoisotopic (exact) mass is 321 g/mol. The molecule has 112 valence electrons. The minimum atomic E-state index is -3.52. The average molecular weight is 321 g/mol. The number of amides is 1. The van der Waals surface area contributed by atoms with Gasteiger partial charge in [0, 0.05) is 5.38 Å². The fourth-order valence-corrected chi connectivity index (χ4v) is 3.10. The normalized spacial score (nSPS) is 12.2. The molecule has 1 heterocycles. The van der Waals surface area contributed by atoms with Gasteiger partial charge in [0.05, 0.1) is 12.8 Å². The van der Waals surface area contributed by atoms with Gasteiger partial charge >= 0.3 is 5.97 Å². The number of carbonyl (C=O) groups is 2. The third kappa shape index (κ3) is 4.87. The topological polar surface area (TPSA) is 125 Å². The third-order valence-corrected chi connectivity index (χ3v) is 3.91. The maximum atomic E-state index is 11.9. The van der Waals surface area contributed by atoms with Crippen LogP contribution in [-0.2, 0) is 21.4 Å². The summed E-state index contributed by atoms with van der Waals surface area (Å²) >= 11 is 1.10. The number of hydrogen-bond donors (Lipinski definition) is 3. The number of carboxylic acids is 1. The zero-order valence-electron chi connectivity index (χ0n) is 11.1. The zero-order valence-corrected chi connectivity index (χ0v) is 12.8. The molecule has 0 radical (unpaired) electrons. The minimum absolute atomic E-state index is 0.0334. The maximum Gasteiger partial charge on any atom is 0.355 e. The summed E-state index contributed by atoms with van der Waals surface area (Å²) in [4.78, 5) is 26.3. The summed E-state index contributed by atoms with van der Waals surface area (Å²) in [6.45, 7) is 2.88. The van der Waals surface area contributed by atoms with Gasteiger partial charge in [0.15, 0.2) is 5.69 Å². The second kappa shape index (κ2) is 5.85. The smallest absolute Gasteiger partial charge is 0.355 e. The number of carboxylic acid groups (broad SMARTS) is 1. The number of aromatic nitrogens is 1. The number of carbonyl (C=O) groups excluding carboxylic acids is 1. The van der Waals surface area contributed by atoms with Gasteiger partial charge in [0.25, 0.3) is 0 Å². The lowest BCUT2D eigenvalue weighted by molar-refractivity contribution is -0.125. The molecule has 0 spiro atoms. The van der Waals surface area contributed by atoms with E-state index in [0.29, 0.717) is 5.01 Å². The molecule has 3 N–H and O–H groups in total. The van der Waals surface area contributed by atoms with Gasteiger partial charge in [0.1, 0.15) is 10.5 Å². The summed E-state index contributed by atoms with van der Waals surface area (Å²) in [5.74, 6) is -1.67. The SMILES string of the molecule is CC(C)(NS(C)(=O)=O)C(=O)NCc1nc(C(=O)O)cs1. The van der Waals surface area contributed by atoms with Crippen LogP contribution < -0.4 is 10.0 Å². The van der Waals surface area contributed by atoms with E-state index in [9.17, 15) is 18.0 Å². The number of nitrogens with zero attached hydrogens (tertiary/aromatic N) is 1. The Kier molecular flexibility index (Phi) is 4.84. The first-order chi connectivity index (χ1) is 9.01. The van der Waals surface area contributed by atoms with Crippen molar-refractivity contribution in [2.75, 3.05) is 6.26 Å². The molecule has 0 saturated carbocycles. The van der Waals surface area contributed by atoms with Gasteiger partial charge in [-0.15, -0.1) is 11.3 Å². The molecular formula is C10H15N3O5S2. The van der Waals surface area contributed by atoms with Gasteiger partial charge in [-0.05, 0) is 13.8 Å². The minimum Gasteiger partial charge on any atom is -0.476 e. The Labute approximate surface area is 120 Å². The molecule has 0 aliphatic rings. The highest BCUT2D eigenvalue weighted by atomic mass is 32.2. The number of nitrogens with one attached hydrogen (secondary N) is 2. The molecule has 0 atom stereocenters. The van der Waals surface area contributed by atoms with Crippen LogP contribution in [0.15, 0.2) is 5.38 Å². The Morgan fingerprint density at radius 3 is 2.50 bits per heavy atom. The second-order valence-corrected chi connectivity index (χ2v) is 7.30. The summed E-state index contributed by atoms with van der Waals surface area (Å²) in [6, 6.07) is 0. The van der Waals surface area contributed by atoms with E-state index in [1.54, 1.807) is 0 Å². The third-order valence-electron chi connectivity index (χ3n) is 2.18. The van der Waals surface area contributed by atoms with E-state index in [-0.39, 0.29) is 12.2 Å². The largest absolute Gasteiger partial charge is 0.476 e. The van der Waals surface area contributed by atoms with Crippen LogP contribution >= 0.6 is 11.3 Å². The number of sulfonamides is 1. The first kappa shape index (κ1) is 16.5. The van der Waals surface area contributed by atoms with Crippen LogP contribution in [0.25, 0.3) is 0 Å². The number of rotatable bonds is 6. The van der Waals surface area contributed by atoms with E-state index in [1.165, 1.54) is 19.2 Å². The molecule has 0 bridgehead atoms. The molecule has 20 heavy (non-hydrogen) atoms. The summed E-state index contributed by atoms with van der Waals surface area (Å²) in [5.41, 5.74) is -1.40. The second-order valence-electron chi connectivity index (χ2n) is 4.61. The fraction of sp³-hybridized carbons (Fsp3) is 0.500. The predicted octanol–water partition coefficient (Wildman–Crippen LogP) is -0.215. The van der Waals surface area contributed by atoms with Gasteiger partial charge < -0.3 is 10.4 Å². The molecule has 8 nitrogen and oxygen atoms in total. The van der Waals surface area contributed by atoms with E-state index in [0.717, 1.165) is 17.6 Å². The molecule has 0 aromatic carbocycles. The molecule has 0 fully saturated rings. The standard InChI is InChI=1S/C10H15N3O5S2/c1-10(2,13-20(3,17)18)9(16)11-4-7-12-6(5-19-7)8(14)15/h5,13H,4H2,1-3H3,(H,11,16)(H,14,15). The van der Waals surface area contributed by atoms with Crippen LogP contribution in [0, 0.1) is 0 Å². The van der Waals surface area contributed by atoms with Crippen LogP contribution in [0.5, 0.6) is 0 Å². The Bertz CT molecular complexity index is 621. The maximum absolute atomic E-state index is 11.9. The van der Waals surface area contributed by atoms with Crippen molar-refractivity contribution in [3.05, 3.63) is 16.1 Å². The van der Waals surface area contributed by atoms with Crippen LogP contribution in [-0.4, -0.2) is 42.2 Å². The molecule has 1 aromatic heterocycles. The summed E-state index contributed by atoms with van der Waals surface area (Å²) < 4.78 is 24.5. The summed E-state index contributed by atoms with van der Waals surface area (Å²) in [7, 11) is -3.52. The van der Waals surface area contributed by atoms with Crippen molar-refractivity contribution >= 4 is 33.2 Å². The highest BCUT2D eigenvalue weighted by Gasteiger charge is 2.30. The molecule has 0 aliphatic carbocycles. The first-order valence-corrected chi connectivity index (χ1v) is 8.23. The molecule has 10 heteroatoms. The molecule has 0 aliphatic heterocycles. The lowest BCUT2D eigenvalue weighted by atomic mass is 10.1. The molecular weight excluding hydrogens is 306 g/mol. The zero-order chi connectivity index (χ0) is 15.6. The van der Waals surface area contributed by atoms with Crippen LogP contribution in [0.2, 0.25) is 0 Å².